The van der Waals surface area contributed by atoms with Gasteiger partial charge in [0, 0.05) is 12.8 Å². The number of hydrogen-bond donors (Lipinski definition) is 1. The number of aliphatic carboxylic acids is 1. The van der Waals surface area contributed by atoms with Gasteiger partial charge in [-0.2, -0.15) is 0 Å². The minimum Gasteiger partial charge on any atom is -0.477 e. The number of carbonyl (C=O) groups is 3. The number of quaternary nitrogens is 1. The van der Waals surface area contributed by atoms with Gasteiger partial charge < -0.3 is 28.5 Å². The molecule has 414 valence electrons. The third kappa shape index (κ3) is 53.8. The van der Waals surface area contributed by atoms with E-state index in [9.17, 15) is 19.5 Å². The first kappa shape index (κ1) is 68.0. The molecule has 0 fully saturated rings. The number of ether oxygens (including phenoxy) is 4. The van der Waals surface area contributed by atoms with Crippen LogP contribution in [0.1, 0.15) is 303 Å². The summed E-state index contributed by atoms with van der Waals surface area (Å²) in [5.74, 6) is -1.98. The molecule has 0 aromatic heterocycles. The summed E-state index contributed by atoms with van der Waals surface area (Å²) in [7, 11) is 5.98. The van der Waals surface area contributed by atoms with Gasteiger partial charge in [-0.25, -0.2) is 4.79 Å². The Hall–Kier alpha value is -1.97. The van der Waals surface area contributed by atoms with Gasteiger partial charge in [-0.3, -0.25) is 9.59 Å². The van der Waals surface area contributed by atoms with E-state index in [0.29, 0.717) is 17.4 Å². The molecule has 1 N–H and O–H groups in total. The molecular formula is C61H118NO8+. The number of unbranched alkanes of at least 4 members (excludes halogenated alkanes) is 40. The monoisotopic (exact) mass is 993 g/mol. The number of carbonyl (C=O) groups excluding carboxylic acids is 2. The molecule has 0 saturated heterocycles. The zero-order valence-corrected chi connectivity index (χ0v) is 47.2. The lowest BCUT2D eigenvalue weighted by molar-refractivity contribution is -0.870. The van der Waals surface area contributed by atoms with Crippen LogP contribution in [-0.2, 0) is 33.3 Å². The number of nitrogens with zero attached hydrogens (tertiary/aromatic N) is 1. The largest absolute Gasteiger partial charge is 0.477 e. The molecule has 0 bridgehead atoms. The Bertz CT molecular complexity index is 1150. The fourth-order valence-corrected chi connectivity index (χ4v) is 9.07. The van der Waals surface area contributed by atoms with Gasteiger partial charge in [0.05, 0.1) is 34.4 Å². The second kappa shape index (κ2) is 53.3. The molecule has 0 spiro atoms. The minimum absolute atomic E-state index is 0.176. The van der Waals surface area contributed by atoms with Crippen LogP contribution in [0.2, 0.25) is 0 Å². The molecule has 2 atom stereocenters. The molecule has 0 aliphatic rings. The first-order valence-corrected chi connectivity index (χ1v) is 30.4. The number of rotatable bonds is 57. The quantitative estimate of drug-likeness (QED) is 0.0211. The number of esters is 2. The van der Waals surface area contributed by atoms with Crippen LogP contribution in [0, 0.1) is 0 Å². The molecule has 0 radical (unpaired) electrons. The predicted octanol–water partition coefficient (Wildman–Crippen LogP) is 17.7. The molecule has 0 rings (SSSR count). The second-order valence-electron chi connectivity index (χ2n) is 22.0. The Morgan fingerprint density at radius 3 is 1.06 bits per heavy atom. The highest BCUT2D eigenvalue weighted by Crippen LogP contribution is 2.18. The summed E-state index contributed by atoms with van der Waals surface area (Å²) in [4.78, 5) is 37.4. The van der Waals surface area contributed by atoms with Crippen molar-refractivity contribution in [2.75, 3.05) is 47.5 Å². The van der Waals surface area contributed by atoms with Crippen molar-refractivity contribution < 1.29 is 42.9 Å². The standard InChI is InChI=1S/C61H117NO8/c1-6-8-10-12-14-16-18-20-22-24-26-27-28-29-30-31-32-34-35-37-39-41-43-45-47-49-51-58(63)68-55-57(56-69-61(60(65)66)67-54-53-62(3,4)5)70-59(64)52-50-48-46-44-42-40-38-36-33-25-23-21-19-17-15-13-11-9-7-2/h21,23,57,61H,6-20,22,24-56H2,1-5H3/p+1/b23-21-. The van der Waals surface area contributed by atoms with Crippen molar-refractivity contribution in [1.82, 2.24) is 0 Å². The fraction of sp³-hybridized carbons (Fsp3) is 0.918. The van der Waals surface area contributed by atoms with E-state index < -0.39 is 18.4 Å². The van der Waals surface area contributed by atoms with Crippen LogP contribution in [0.15, 0.2) is 12.2 Å². The van der Waals surface area contributed by atoms with Crippen LogP contribution in [0.3, 0.4) is 0 Å². The highest BCUT2D eigenvalue weighted by atomic mass is 16.7. The molecule has 2 unspecified atom stereocenters. The number of carboxylic acid groups (broad SMARTS) is 1. The first-order chi connectivity index (χ1) is 34.1. The van der Waals surface area contributed by atoms with Crippen molar-refractivity contribution in [1.29, 1.82) is 0 Å². The van der Waals surface area contributed by atoms with Crippen LogP contribution < -0.4 is 0 Å². The van der Waals surface area contributed by atoms with E-state index in [1.165, 1.54) is 238 Å². The number of hydrogen-bond acceptors (Lipinski definition) is 7. The third-order valence-electron chi connectivity index (χ3n) is 13.8. The van der Waals surface area contributed by atoms with Gasteiger partial charge in [-0.15, -0.1) is 0 Å². The van der Waals surface area contributed by atoms with Crippen LogP contribution >= 0.6 is 0 Å². The van der Waals surface area contributed by atoms with Gasteiger partial charge in [0.15, 0.2) is 6.10 Å². The Morgan fingerprint density at radius 1 is 0.414 bits per heavy atom. The average Bonchev–Trinajstić information content (AvgIpc) is 3.33. The van der Waals surface area contributed by atoms with E-state index >= 15 is 0 Å². The van der Waals surface area contributed by atoms with E-state index in [1.807, 2.05) is 21.1 Å². The Morgan fingerprint density at radius 2 is 0.729 bits per heavy atom. The summed E-state index contributed by atoms with van der Waals surface area (Å²) in [6.07, 6.45) is 58.7. The smallest absolute Gasteiger partial charge is 0.361 e. The molecule has 0 aromatic rings. The van der Waals surface area contributed by atoms with Gasteiger partial charge in [0.2, 0.25) is 0 Å². The average molecular weight is 994 g/mol. The highest BCUT2D eigenvalue weighted by molar-refractivity contribution is 5.71. The molecule has 0 aliphatic carbocycles. The zero-order chi connectivity index (χ0) is 51.3. The lowest BCUT2D eigenvalue weighted by atomic mass is 10.0. The molecule has 70 heavy (non-hydrogen) atoms. The minimum atomic E-state index is -1.51. The van der Waals surface area contributed by atoms with E-state index in [4.69, 9.17) is 18.9 Å². The SMILES string of the molecule is CCCCCCCC/C=C\CCCCCCCCCCCC(=O)OC(COC(=O)CCCCCCCCCCCCCCCCCCCCCCCCCCCC)COC(OCC[N+](C)(C)C)C(=O)O. The molecule has 0 aromatic carbocycles. The highest BCUT2D eigenvalue weighted by Gasteiger charge is 2.25. The number of likely N-dealkylation sites (N-methyl/N-ethyl adjacent to an activating group) is 1. The molecule has 9 heteroatoms. The Balaban J connectivity index is 4.14. The number of carboxylic acids is 1. The van der Waals surface area contributed by atoms with E-state index in [1.54, 1.807) is 0 Å². The normalized spacial score (nSPS) is 12.8. The molecule has 0 saturated carbocycles. The van der Waals surface area contributed by atoms with E-state index in [2.05, 4.69) is 26.0 Å². The van der Waals surface area contributed by atoms with E-state index in [-0.39, 0.29) is 38.2 Å². The summed E-state index contributed by atoms with van der Waals surface area (Å²) in [6, 6.07) is 0. The van der Waals surface area contributed by atoms with Crippen LogP contribution in [-0.4, -0.2) is 87.4 Å². The maximum absolute atomic E-state index is 12.9. The number of allylic oxidation sites excluding steroid dienone is 2. The molecule has 0 heterocycles. The molecule has 0 amide bonds. The van der Waals surface area contributed by atoms with Gasteiger partial charge in [0.1, 0.15) is 13.2 Å². The van der Waals surface area contributed by atoms with Gasteiger partial charge in [0.25, 0.3) is 6.29 Å². The van der Waals surface area contributed by atoms with Crippen LogP contribution in [0.25, 0.3) is 0 Å². The van der Waals surface area contributed by atoms with Crippen molar-refractivity contribution in [3.63, 3.8) is 0 Å². The van der Waals surface area contributed by atoms with Gasteiger partial charge in [-0.1, -0.05) is 264 Å². The zero-order valence-electron chi connectivity index (χ0n) is 47.2. The molecule has 0 aliphatic heterocycles. The van der Waals surface area contributed by atoms with Crippen LogP contribution in [0.5, 0.6) is 0 Å². The summed E-state index contributed by atoms with van der Waals surface area (Å²) in [5, 5.41) is 9.70. The van der Waals surface area contributed by atoms with E-state index in [0.717, 1.165) is 38.5 Å². The Kier molecular flexibility index (Phi) is 51.8. The Labute approximate surface area is 434 Å². The lowest BCUT2D eigenvalue weighted by Gasteiger charge is -2.25. The fourth-order valence-electron chi connectivity index (χ4n) is 9.07. The van der Waals surface area contributed by atoms with Crippen molar-refractivity contribution in [3.8, 4) is 0 Å². The van der Waals surface area contributed by atoms with Crippen molar-refractivity contribution >= 4 is 17.9 Å². The second-order valence-corrected chi connectivity index (χ2v) is 22.0. The molecule has 9 nitrogen and oxygen atoms in total. The van der Waals surface area contributed by atoms with Gasteiger partial charge >= 0.3 is 17.9 Å². The maximum Gasteiger partial charge on any atom is 0.361 e. The third-order valence-corrected chi connectivity index (χ3v) is 13.8. The van der Waals surface area contributed by atoms with Crippen molar-refractivity contribution in [3.05, 3.63) is 12.2 Å². The summed E-state index contributed by atoms with van der Waals surface area (Å²) < 4.78 is 22.9. The topological polar surface area (TPSA) is 108 Å². The van der Waals surface area contributed by atoms with Crippen molar-refractivity contribution in [2.24, 2.45) is 0 Å². The summed E-state index contributed by atoms with van der Waals surface area (Å²) in [6.45, 7) is 4.93. The predicted molar refractivity (Wildman–Crippen MR) is 295 cm³/mol. The summed E-state index contributed by atoms with van der Waals surface area (Å²) >= 11 is 0. The molecular weight excluding hydrogens is 875 g/mol. The van der Waals surface area contributed by atoms with Crippen LogP contribution in [0.4, 0.5) is 0 Å². The first-order valence-electron chi connectivity index (χ1n) is 30.4. The maximum atomic E-state index is 12.9. The summed E-state index contributed by atoms with van der Waals surface area (Å²) in [5.41, 5.74) is 0. The lowest BCUT2D eigenvalue weighted by Crippen LogP contribution is -2.40. The van der Waals surface area contributed by atoms with Gasteiger partial charge in [-0.05, 0) is 38.5 Å². The van der Waals surface area contributed by atoms with Crippen molar-refractivity contribution in [2.45, 2.75) is 315 Å².